The van der Waals surface area contributed by atoms with Crippen molar-refractivity contribution in [2.75, 3.05) is 58.9 Å². The largest absolute Gasteiger partial charge is 0.339 e. The minimum Gasteiger partial charge on any atom is -0.339 e. The van der Waals surface area contributed by atoms with Crippen LogP contribution in [-0.2, 0) is 4.79 Å². The van der Waals surface area contributed by atoms with Crippen molar-refractivity contribution in [3.63, 3.8) is 0 Å². The summed E-state index contributed by atoms with van der Waals surface area (Å²) in [6.45, 7) is 9.07. The highest BCUT2D eigenvalue weighted by atomic mass is 16.2. The second-order valence-corrected chi connectivity index (χ2v) is 6.73. The predicted molar refractivity (Wildman–Crippen MR) is 84.3 cm³/mol. The summed E-state index contributed by atoms with van der Waals surface area (Å²) >= 11 is 0. The number of carbonyl (C=O) groups is 1. The SMILES string of the molecule is O=C(CN1CCC(N2CCCCC2)CC1)N1CCNCC1. The zero-order valence-electron chi connectivity index (χ0n) is 13.2. The van der Waals surface area contributed by atoms with Crippen LogP contribution in [0.3, 0.4) is 0 Å². The molecule has 5 heteroatoms. The van der Waals surface area contributed by atoms with E-state index in [4.69, 9.17) is 0 Å². The van der Waals surface area contributed by atoms with E-state index in [9.17, 15) is 4.79 Å². The molecule has 3 rings (SSSR count). The number of hydrogen-bond donors (Lipinski definition) is 1. The van der Waals surface area contributed by atoms with Gasteiger partial charge in [-0.15, -0.1) is 0 Å². The summed E-state index contributed by atoms with van der Waals surface area (Å²) in [6, 6.07) is 0.774. The van der Waals surface area contributed by atoms with Crippen molar-refractivity contribution in [2.45, 2.75) is 38.1 Å². The van der Waals surface area contributed by atoms with Gasteiger partial charge in [0.05, 0.1) is 6.54 Å². The van der Waals surface area contributed by atoms with Gasteiger partial charge in [-0.25, -0.2) is 0 Å². The van der Waals surface area contributed by atoms with Crippen LogP contribution in [0.2, 0.25) is 0 Å². The smallest absolute Gasteiger partial charge is 0.236 e. The topological polar surface area (TPSA) is 38.8 Å². The lowest BCUT2D eigenvalue weighted by Gasteiger charge is -2.40. The van der Waals surface area contributed by atoms with Crippen LogP contribution in [0.1, 0.15) is 32.1 Å². The van der Waals surface area contributed by atoms with Gasteiger partial charge in [-0.05, 0) is 38.8 Å². The van der Waals surface area contributed by atoms with Gasteiger partial charge >= 0.3 is 0 Å². The van der Waals surface area contributed by atoms with Crippen LogP contribution in [0.5, 0.6) is 0 Å². The summed E-state index contributed by atoms with van der Waals surface area (Å²) in [5.74, 6) is 0.327. The maximum atomic E-state index is 12.3. The second kappa shape index (κ2) is 7.56. The van der Waals surface area contributed by atoms with Crippen LogP contribution in [0.4, 0.5) is 0 Å². The minimum absolute atomic E-state index is 0.327. The number of piperidine rings is 2. The van der Waals surface area contributed by atoms with Crippen LogP contribution in [-0.4, -0.2) is 85.6 Å². The summed E-state index contributed by atoms with van der Waals surface area (Å²) in [7, 11) is 0. The first-order chi connectivity index (χ1) is 10.3. The van der Waals surface area contributed by atoms with E-state index in [1.165, 1.54) is 45.2 Å². The molecule has 0 aromatic carbocycles. The molecule has 0 unspecified atom stereocenters. The zero-order valence-corrected chi connectivity index (χ0v) is 13.2. The number of hydrogen-bond acceptors (Lipinski definition) is 4. The summed E-state index contributed by atoms with van der Waals surface area (Å²) in [5.41, 5.74) is 0. The van der Waals surface area contributed by atoms with Gasteiger partial charge in [-0.1, -0.05) is 6.42 Å². The maximum Gasteiger partial charge on any atom is 0.236 e. The molecule has 0 saturated carbocycles. The van der Waals surface area contributed by atoms with E-state index < -0.39 is 0 Å². The van der Waals surface area contributed by atoms with Crippen molar-refractivity contribution in [3.8, 4) is 0 Å². The Kier molecular flexibility index (Phi) is 5.49. The first-order valence-corrected chi connectivity index (χ1v) is 8.78. The molecule has 1 N–H and O–H groups in total. The van der Waals surface area contributed by atoms with Gasteiger partial charge in [0.25, 0.3) is 0 Å². The Balaban J connectivity index is 1.39. The summed E-state index contributed by atoms with van der Waals surface area (Å²) in [5, 5.41) is 3.30. The zero-order chi connectivity index (χ0) is 14.5. The molecule has 0 atom stereocenters. The molecule has 3 aliphatic heterocycles. The fourth-order valence-electron chi connectivity index (χ4n) is 3.93. The molecule has 120 valence electrons. The van der Waals surface area contributed by atoms with E-state index in [1.807, 2.05) is 4.90 Å². The van der Waals surface area contributed by atoms with E-state index in [0.29, 0.717) is 12.5 Å². The molecule has 0 radical (unpaired) electrons. The first-order valence-electron chi connectivity index (χ1n) is 8.78. The highest BCUT2D eigenvalue weighted by Crippen LogP contribution is 2.20. The Morgan fingerprint density at radius 2 is 1.57 bits per heavy atom. The van der Waals surface area contributed by atoms with Crippen LogP contribution in [0.15, 0.2) is 0 Å². The van der Waals surface area contributed by atoms with E-state index in [2.05, 4.69) is 15.1 Å². The first kappa shape index (κ1) is 15.3. The molecule has 1 amide bonds. The Morgan fingerprint density at radius 3 is 2.24 bits per heavy atom. The van der Waals surface area contributed by atoms with E-state index in [1.54, 1.807) is 0 Å². The van der Waals surface area contributed by atoms with Gasteiger partial charge in [-0.2, -0.15) is 0 Å². The molecule has 0 spiro atoms. The standard InChI is InChI=1S/C16H30N4O/c21-16(20-12-6-17-7-13-20)14-18-10-4-15(5-11-18)19-8-2-1-3-9-19/h15,17H,1-14H2. The van der Waals surface area contributed by atoms with Crippen LogP contribution in [0.25, 0.3) is 0 Å². The van der Waals surface area contributed by atoms with Gasteiger partial charge in [0, 0.05) is 45.3 Å². The van der Waals surface area contributed by atoms with Gasteiger partial charge in [0.15, 0.2) is 0 Å². The minimum atomic E-state index is 0.327. The molecule has 3 aliphatic rings. The van der Waals surface area contributed by atoms with Crippen molar-refractivity contribution in [1.82, 2.24) is 20.0 Å². The average molecular weight is 294 g/mol. The Hall–Kier alpha value is -0.650. The Labute approximate surface area is 128 Å². The van der Waals surface area contributed by atoms with Crippen molar-refractivity contribution in [1.29, 1.82) is 0 Å². The molecular formula is C16H30N4O. The third-order valence-electron chi connectivity index (χ3n) is 5.29. The molecule has 0 aromatic rings. The molecule has 3 fully saturated rings. The third-order valence-corrected chi connectivity index (χ3v) is 5.29. The quantitative estimate of drug-likeness (QED) is 0.816. The summed E-state index contributed by atoms with van der Waals surface area (Å²) in [4.78, 5) is 19.4. The molecule has 5 nitrogen and oxygen atoms in total. The number of rotatable bonds is 3. The number of piperazine rings is 1. The second-order valence-electron chi connectivity index (χ2n) is 6.73. The van der Waals surface area contributed by atoms with Crippen LogP contribution in [0, 0.1) is 0 Å². The normalized spacial score (nSPS) is 27.0. The lowest BCUT2D eigenvalue weighted by atomic mass is 10.00. The Bertz CT molecular complexity index is 329. The molecular weight excluding hydrogens is 264 g/mol. The van der Waals surface area contributed by atoms with Crippen molar-refractivity contribution >= 4 is 5.91 Å². The van der Waals surface area contributed by atoms with Gasteiger partial charge in [-0.3, -0.25) is 9.69 Å². The Morgan fingerprint density at radius 1 is 0.905 bits per heavy atom. The summed E-state index contributed by atoms with van der Waals surface area (Å²) in [6.07, 6.45) is 6.65. The molecule has 0 aromatic heterocycles. The average Bonchev–Trinajstić information content (AvgIpc) is 2.57. The molecule has 0 bridgehead atoms. The summed E-state index contributed by atoms with van der Waals surface area (Å²) < 4.78 is 0. The number of likely N-dealkylation sites (tertiary alicyclic amines) is 2. The highest BCUT2D eigenvalue weighted by Gasteiger charge is 2.27. The molecule has 3 heterocycles. The molecule has 21 heavy (non-hydrogen) atoms. The fraction of sp³-hybridized carbons (Fsp3) is 0.938. The number of nitrogens with one attached hydrogen (secondary N) is 1. The van der Waals surface area contributed by atoms with E-state index in [0.717, 1.165) is 45.3 Å². The van der Waals surface area contributed by atoms with E-state index in [-0.39, 0.29) is 0 Å². The van der Waals surface area contributed by atoms with E-state index >= 15 is 0 Å². The maximum absolute atomic E-state index is 12.3. The van der Waals surface area contributed by atoms with Crippen LogP contribution >= 0.6 is 0 Å². The molecule has 0 aliphatic carbocycles. The van der Waals surface area contributed by atoms with Crippen molar-refractivity contribution in [2.24, 2.45) is 0 Å². The predicted octanol–water partition coefficient (Wildman–Crippen LogP) is 0.369. The van der Waals surface area contributed by atoms with Crippen LogP contribution < -0.4 is 5.32 Å². The monoisotopic (exact) mass is 294 g/mol. The highest BCUT2D eigenvalue weighted by molar-refractivity contribution is 5.78. The van der Waals surface area contributed by atoms with Gasteiger partial charge < -0.3 is 15.1 Å². The van der Waals surface area contributed by atoms with Crippen molar-refractivity contribution < 1.29 is 4.79 Å². The number of nitrogens with zero attached hydrogens (tertiary/aromatic N) is 3. The third kappa shape index (κ3) is 4.18. The fourth-order valence-corrected chi connectivity index (χ4v) is 3.93. The van der Waals surface area contributed by atoms with Crippen molar-refractivity contribution in [3.05, 3.63) is 0 Å². The van der Waals surface area contributed by atoms with Gasteiger partial charge in [0.2, 0.25) is 5.91 Å². The lowest BCUT2D eigenvalue weighted by molar-refractivity contribution is -0.133. The number of amides is 1. The lowest BCUT2D eigenvalue weighted by Crippen LogP contribution is -2.52. The van der Waals surface area contributed by atoms with Gasteiger partial charge in [0.1, 0.15) is 0 Å². The molecule has 3 saturated heterocycles. The number of carbonyl (C=O) groups excluding carboxylic acids is 1.